The topological polar surface area (TPSA) is 130 Å². The molecule has 186 valence electrons. The first-order valence-corrected chi connectivity index (χ1v) is 10.7. The van der Waals surface area contributed by atoms with E-state index in [9.17, 15) is 19.2 Å². The fraction of sp³-hybridized carbons (Fsp3) is 0.320. The minimum Gasteiger partial charge on any atom is -0.494 e. The van der Waals surface area contributed by atoms with Gasteiger partial charge in [0.05, 0.1) is 19.3 Å². The van der Waals surface area contributed by atoms with E-state index in [2.05, 4.69) is 10.5 Å². The lowest BCUT2D eigenvalue weighted by Crippen LogP contribution is -2.44. The summed E-state index contributed by atoms with van der Waals surface area (Å²) in [5.74, 6) is -0.877. The Bertz CT molecular complexity index is 1040. The lowest BCUT2D eigenvalue weighted by Gasteiger charge is -2.22. The Kier molecular flexibility index (Phi) is 9.95. The fourth-order valence-electron chi connectivity index (χ4n) is 2.72. The van der Waals surface area contributed by atoms with Crippen LogP contribution in [0.2, 0.25) is 0 Å². The molecule has 0 bridgehead atoms. The number of rotatable bonds is 10. The molecule has 2 rings (SSSR count). The number of benzene rings is 2. The highest BCUT2D eigenvalue weighted by molar-refractivity contribution is 6.36. The maximum absolute atomic E-state index is 12.0. The van der Waals surface area contributed by atoms with Crippen molar-refractivity contribution in [2.45, 2.75) is 38.8 Å². The number of alkyl carbamates (subject to hydrolysis) is 1. The van der Waals surface area contributed by atoms with Gasteiger partial charge in [0.1, 0.15) is 17.4 Å². The molecule has 2 aromatic rings. The predicted molar refractivity (Wildman–Crippen MR) is 126 cm³/mol. The minimum absolute atomic E-state index is 0.0758. The summed E-state index contributed by atoms with van der Waals surface area (Å²) in [6, 6.07) is 13.6. The lowest BCUT2D eigenvalue weighted by molar-refractivity contribution is -0.143. The van der Waals surface area contributed by atoms with Crippen LogP contribution in [0.15, 0.2) is 59.8 Å². The molecule has 0 aliphatic heterocycles. The summed E-state index contributed by atoms with van der Waals surface area (Å²) >= 11 is 0. The molecule has 10 nitrogen and oxygen atoms in total. The van der Waals surface area contributed by atoms with Gasteiger partial charge in [-0.15, -0.1) is 0 Å². The molecular weight excluding hydrogens is 456 g/mol. The normalized spacial score (nSPS) is 12.2. The van der Waals surface area contributed by atoms with E-state index in [-0.39, 0.29) is 18.7 Å². The van der Waals surface area contributed by atoms with Crippen molar-refractivity contribution in [3.63, 3.8) is 0 Å². The van der Waals surface area contributed by atoms with Crippen LogP contribution < -0.4 is 10.1 Å². The Balaban J connectivity index is 1.94. The molecule has 0 spiro atoms. The molecule has 0 heterocycles. The number of amides is 1. The highest BCUT2D eigenvalue weighted by Gasteiger charge is 2.25. The third-order valence-electron chi connectivity index (χ3n) is 4.35. The smallest absolute Gasteiger partial charge is 0.408 e. The second-order valence-electron chi connectivity index (χ2n) is 8.22. The van der Waals surface area contributed by atoms with E-state index in [4.69, 9.17) is 19.0 Å². The van der Waals surface area contributed by atoms with Crippen LogP contribution >= 0.6 is 0 Å². The van der Waals surface area contributed by atoms with Crippen LogP contribution in [0.4, 0.5) is 4.79 Å². The summed E-state index contributed by atoms with van der Waals surface area (Å²) in [5, 5.41) is 6.11. The van der Waals surface area contributed by atoms with Gasteiger partial charge in [0.15, 0.2) is 12.0 Å². The van der Waals surface area contributed by atoms with Crippen LogP contribution in [-0.2, 0) is 23.9 Å². The fourth-order valence-corrected chi connectivity index (χ4v) is 2.72. The number of nitrogens with zero attached hydrogens (tertiary/aromatic N) is 1. The van der Waals surface area contributed by atoms with Gasteiger partial charge < -0.3 is 24.4 Å². The van der Waals surface area contributed by atoms with Gasteiger partial charge in [-0.25, -0.2) is 14.4 Å². The first-order valence-electron chi connectivity index (χ1n) is 10.7. The van der Waals surface area contributed by atoms with Crippen molar-refractivity contribution < 1.29 is 38.2 Å². The van der Waals surface area contributed by atoms with Crippen molar-refractivity contribution in [3.05, 3.63) is 65.7 Å². The molecule has 0 saturated heterocycles. The Hall–Kier alpha value is -4.21. The van der Waals surface area contributed by atoms with Crippen molar-refractivity contribution in [1.82, 2.24) is 5.32 Å². The van der Waals surface area contributed by atoms with Crippen LogP contribution in [0.1, 0.15) is 43.1 Å². The third-order valence-corrected chi connectivity index (χ3v) is 4.35. The van der Waals surface area contributed by atoms with E-state index >= 15 is 0 Å². The largest absolute Gasteiger partial charge is 0.494 e. The van der Waals surface area contributed by atoms with Gasteiger partial charge in [-0.3, -0.25) is 4.79 Å². The van der Waals surface area contributed by atoms with E-state index in [0.29, 0.717) is 23.2 Å². The van der Waals surface area contributed by atoms with Crippen LogP contribution in [0.25, 0.3) is 0 Å². The summed E-state index contributed by atoms with van der Waals surface area (Å²) < 4.78 is 15.5. The van der Waals surface area contributed by atoms with Gasteiger partial charge in [-0.1, -0.05) is 23.4 Å². The third kappa shape index (κ3) is 9.28. The highest BCUT2D eigenvalue weighted by atomic mass is 16.7. The monoisotopic (exact) mass is 484 g/mol. The standard InChI is InChI=1S/C25H28N2O8/c1-25(2,3)34-24(31)26-20(23(30)32-4)14-15-33-19-12-10-17(11-13-19)21(16-28)27-35-22(29)18-8-6-5-7-9-18/h5-13,16,20H,14-15H2,1-4H3,(H,26,31). The zero-order valence-electron chi connectivity index (χ0n) is 20.0. The Morgan fingerprint density at radius 1 is 1.00 bits per heavy atom. The molecule has 1 unspecified atom stereocenters. The molecule has 1 amide bonds. The molecule has 0 aliphatic rings. The van der Waals surface area contributed by atoms with Crippen LogP contribution in [0.3, 0.4) is 0 Å². The molecule has 0 aromatic heterocycles. The molecule has 1 atom stereocenters. The van der Waals surface area contributed by atoms with E-state index in [1.807, 2.05) is 0 Å². The number of hydrogen-bond donors (Lipinski definition) is 1. The number of ether oxygens (including phenoxy) is 3. The average molecular weight is 485 g/mol. The van der Waals surface area contributed by atoms with Gasteiger partial charge in [0.25, 0.3) is 0 Å². The summed E-state index contributed by atoms with van der Waals surface area (Å²) in [5.41, 5.74) is -0.0796. The van der Waals surface area contributed by atoms with E-state index < -0.39 is 29.7 Å². The number of methoxy groups -OCH3 is 1. The molecule has 0 aliphatic carbocycles. The number of hydrogen-bond acceptors (Lipinski definition) is 9. The van der Waals surface area contributed by atoms with E-state index in [1.54, 1.807) is 75.4 Å². The summed E-state index contributed by atoms with van der Waals surface area (Å²) in [6.07, 6.45) is -0.146. The maximum Gasteiger partial charge on any atom is 0.408 e. The van der Waals surface area contributed by atoms with E-state index in [0.717, 1.165) is 0 Å². The second kappa shape index (κ2) is 12.9. The van der Waals surface area contributed by atoms with E-state index in [1.165, 1.54) is 7.11 Å². The quantitative estimate of drug-likeness (QED) is 0.179. The summed E-state index contributed by atoms with van der Waals surface area (Å²) in [6.45, 7) is 5.21. The average Bonchev–Trinajstić information content (AvgIpc) is 2.83. The zero-order valence-corrected chi connectivity index (χ0v) is 20.0. The van der Waals surface area contributed by atoms with Gasteiger partial charge in [-0.05, 0) is 57.2 Å². The van der Waals surface area contributed by atoms with Crippen molar-refractivity contribution in [2.75, 3.05) is 13.7 Å². The second-order valence-corrected chi connectivity index (χ2v) is 8.22. The van der Waals surface area contributed by atoms with Gasteiger partial charge >= 0.3 is 18.0 Å². The highest BCUT2D eigenvalue weighted by Crippen LogP contribution is 2.14. The number of oxime groups is 1. The van der Waals surface area contributed by atoms with Gasteiger partial charge in [0.2, 0.25) is 0 Å². The number of carbonyl (C=O) groups excluding carboxylic acids is 4. The van der Waals surface area contributed by atoms with Crippen LogP contribution in [0.5, 0.6) is 5.75 Å². The van der Waals surface area contributed by atoms with Crippen LogP contribution in [0, 0.1) is 0 Å². The molecule has 0 saturated carbocycles. The zero-order chi connectivity index (χ0) is 25.8. The Morgan fingerprint density at radius 2 is 1.66 bits per heavy atom. The predicted octanol–water partition coefficient (Wildman–Crippen LogP) is 3.28. The Labute approximate surface area is 203 Å². The molecule has 1 N–H and O–H groups in total. The van der Waals surface area contributed by atoms with Crippen molar-refractivity contribution in [1.29, 1.82) is 0 Å². The molecule has 10 heteroatoms. The molecule has 2 aromatic carbocycles. The lowest BCUT2D eigenvalue weighted by atomic mass is 10.1. The molecular formula is C25H28N2O8. The molecule has 35 heavy (non-hydrogen) atoms. The van der Waals surface area contributed by atoms with Crippen molar-refractivity contribution in [2.24, 2.45) is 5.16 Å². The first-order chi connectivity index (χ1) is 16.6. The first kappa shape index (κ1) is 27.0. The van der Waals surface area contributed by atoms with Crippen molar-refractivity contribution in [3.8, 4) is 5.75 Å². The molecule has 0 radical (unpaired) electrons. The number of aldehydes is 1. The Morgan fingerprint density at radius 3 is 2.23 bits per heavy atom. The minimum atomic E-state index is -0.956. The number of esters is 1. The van der Waals surface area contributed by atoms with Crippen molar-refractivity contribution >= 4 is 30.0 Å². The van der Waals surface area contributed by atoms with Gasteiger partial charge in [0, 0.05) is 12.0 Å². The van der Waals surface area contributed by atoms with Crippen LogP contribution in [-0.4, -0.2) is 55.4 Å². The van der Waals surface area contributed by atoms with Gasteiger partial charge in [-0.2, -0.15) is 0 Å². The maximum atomic E-state index is 12.0. The molecule has 0 fully saturated rings. The number of carbonyl (C=O) groups is 4. The SMILES string of the molecule is COC(=O)C(CCOc1ccc(C(C=O)=NOC(=O)c2ccccc2)cc1)NC(=O)OC(C)(C)C. The summed E-state index contributed by atoms with van der Waals surface area (Å²) in [4.78, 5) is 52.2. The number of nitrogens with one attached hydrogen (secondary N) is 1. The summed E-state index contributed by atoms with van der Waals surface area (Å²) in [7, 11) is 1.22.